The molecule has 1 aromatic rings. The van der Waals surface area contributed by atoms with Crippen molar-refractivity contribution in [1.29, 1.82) is 5.26 Å². The Bertz CT molecular complexity index is 644. The molecule has 0 spiro atoms. The SMILES string of the molecule is CN(C1CCCCCC1)S(=O)(=O)c1cc(C#N)ccc1Cl. The number of hydrogen-bond donors (Lipinski definition) is 0. The molecule has 1 aliphatic carbocycles. The second-order valence-corrected chi connectivity index (χ2v) is 7.80. The summed E-state index contributed by atoms with van der Waals surface area (Å²) in [6, 6.07) is 6.31. The molecule has 114 valence electrons. The van der Waals surface area contributed by atoms with E-state index >= 15 is 0 Å². The van der Waals surface area contributed by atoms with Gasteiger partial charge in [0.05, 0.1) is 16.7 Å². The van der Waals surface area contributed by atoms with E-state index in [9.17, 15) is 8.42 Å². The third-order valence-electron chi connectivity index (χ3n) is 4.06. The first-order valence-corrected chi connectivity index (χ1v) is 8.96. The van der Waals surface area contributed by atoms with Gasteiger partial charge in [-0.1, -0.05) is 37.3 Å². The number of benzene rings is 1. The van der Waals surface area contributed by atoms with Crippen LogP contribution in [0.1, 0.15) is 44.1 Å². The van der Waals surface area contributed by atoms with E-state index < -0.39 is 10.0 Å². The molecular weight excluding hydrogens is 308 g/mol. The first-order valence-electron chi connectivity index (χ1n) is 7.14. The molecule has 6 heteroatoms. The molecular formula is C15H19ClN2O2S. The minimum absolute atomic E-state index is 0.0132. The topological polar surface area (TPSA) is 61.2 Å². The predicted octanol–water partition coefficient (Wildman–Crippen LogP) is 3.55. The predicted molar refractivity (Wildman–Crippen MR) is 82.6 cm³/mol. The Hall–Kier alpha value is -1.09. The number of nitrogens with zero attached hydrogens (tertiary/aromatic N) is 2. The number of nitriles is 1. The second kappa shape index (κ2) is 6.78. The van der Waals surface area contributed by atoms with Gasteiger partial charge in [0.25, 0.3) is 0 Å². The maximum absolute atomic E-state index is 12.8. The Balaban J connectivity index is 2.34. The van der Waals surface area contributed by atoms with Crippen molar-refractivity contribution in [3.8, 4) is 6.07 Å². The molecule has 0 N–H and O–H groups in total. The maximum Gasteiger partial charge on any atom is 0.244 e. The summed E-state index contributed by atoms with van der Waals surface area (Å²) in [7, 11) is -2.06. The average Bonchev–Trinajstić information content (AvgIpc) is 2.75. The summed E-state index contributed by atoms with van der Waals surface area (Å²) in [6.07, 6.45) is 6.19. The van der Waals surface area contributed by atoms with Crippen molar-refractivity contribution in [1.82, 2.24) is 4.31 Å². The van der Waals surface area contributed by atoms with E-state index in [0.29, 0.717) is 5.56 Å². The van der Waals surface area contributed by atoms with E-state index in [1.807, 2.05) is 6.07 Å². The van der Waals surface area contributed by atoms with Crippen LogP contribution in [0.5, 0.6) is 0 Å². The zero-order valence-electron chi connectivity index (χ0n) is 12.0. The van der Waals surface area contributed by atoms with Gasteiger partial charge in [-0.25, -0.2) is 8.42 Å². The summed E-state index contributed by atoms with van der Waals surface area (Å²) in [5.74, 6) is 0. The van der Waals surface area contributed by atoms with Crippen molar-refractivity contribution >= 4 is 21.6 Å². The first-order chi connectivity index (χ1) is 9.96. The fourth-order valence-corrected chi connectivity index (χ4v) is 4.66. The molecule has 1 saturated carbocycles. The van der Waals surface area contributed by atoms with Crippen molar-refractivity contribution in [2.24, 2.45) is 0 Å². The van der Waals surface area contributed by atoms with Crippen LogP contribution in [-0.2, 0) is 10.0 Å². The average molecular weight is 327 g/mol. The molecule has 0 atom stereocenters. The number of rotatable bonds is 3. The van der Waals surface area contributed by atoms with E-state index in [0.717, 1.165) is 38.5 Å². The minimum atomic E-state index is -3.67. The summed E-state index contributed by atoms with van der Waals surface area (Å²) in [5.41, 5.74) is 0.298. The van der Waals surface area contributed by atoms with Gasteiger partial charge in [0, 0.05) is 13.1 Å². The smallest absolute Gasteiger partial charge is 0.207 e. The van der Waals surface area contributed by atoms with Gasteiger partial charge in [0.15, 0.2) is 0 Å². The Kier molecular flexibility index (Phi) is 5.26. The molecule has 0 saturated heterocycles. The summed E-state index contributed by atoms with van der Waals surface area (Å²) >= 11 is 6.04. The first kappa shape index (κ1) is 16.3. The van der Waals surface area contributed by atoms with Crippen LogP contribution in [0, 0.1) is 11.3 Å². The highest BCUT2D eigenvalue weighted by atomic mass is 35.5. The zero-order valence-corrected chi connectivity index (χ0v) is 13.6. The fourth-order valence-electron chi connectivity index (χ4n) is 2.74. The molecule has 2 rings (SSSR count). The molecule has 0 heterocycles. The van der Waals surface area contributed by atoms with E-state index in [2.05, 4.69) is 0 Å². The van der Waals surface area contributed by atoms with Crippen molar-refractivity contribution < 1.29 is 8.42 Å². The van der Waals surface area contributed by atoms with Gasteiger partial charge in [-0.15, -0.1) is 0 Å². The van der Waals surface area contributed by atoms with E-state index in [1.165, 1.54) is 22.5 Å². The normalized spacial score (nSPS) is 17.4. The summed E-state index contributed by atoms with van der Waals surface area (Å²) < 4.78 is 27.0. The monoisotopic (exact) mass is 326 g/mol. The van der Waals surface area contributed by atoms with Crippen LogP contribution in [-0.4, -0.2) is 25.8 Å². The molecule has 1 aliphatic rings. The standard InChI is InChI=1S/C15H19ClN2O2S/c1-18(13-6-4-2-3-5-7-13)21(19,20)15-10-12(11-17)8-9-14(15)16/h8-10,13H,2-7H2,1H3. The molecule has 0 aromatic heterocycles. The summed E-state index contributed by atoms with van der Waals surface area (Å²) in [4.78, 5) is 0.0231. The van der Waals surface area contributed by atoms with Gasteiger partial charge < -0.3 is 0 Å². The highest BCUT2D eigenvalue weighted by Gasteiger charge is 2.30. The summed E-state index contributed by atoms with van der Waals surface area (Å²) in [6.45, 7) is 0. The number of halogens is 1. The lowest BCUT2D eigenvalue weighted by molar-refractivity contribution is 0.336. The largest absolute Gasteiger partial charge is 0.244 e. The molecule has 1 fully saturated rings. The maximum atomic E-state index is 12.8. The molecule has 21 heavy (non-hydrogen) atoms. The molecule has 1 aromatic carbocycles. The Morgan fingerprint density at radius 3 is 2.43 bits per heavy atom. The van der Waals surface area contributed by atoms with E-state index in [1.54, 1.807) is 7.05 Å². The van der Waals surface area contributed by atoms with Crippen molar-refractivity contribution in [3.05, 3.63) is 28.8 Å². The van der Waals surface area contributed by atoms with Crippen LogP contribution in [0.15, 0.2) is 23.1 Å². The molecule has 4 nitrogen and oxygen atoms in total. The van der Waals surface area contributed by atoms with Crippen LogP contribution in [0.2, 0.25) is 5.02 Å². The Labute approximate surface area is 131 Å². The molecule has 0 amide bonds. The summed E-state index contributed by atoms with van der Waals surface area (Å²) in [5, 5.41) is 9.10. The lowest BCUT2D eigenvalue weighted by atomic mass is 10.1. The van der Waals surface area contributed by atoms with Gasteiger partial charge in [0.2, 0.25) is 10.0 Å². The Morgan fingerprint density at radius 2 is 1.86 bits per heavy atom. The quantitative estimate of drug-likeness (QED) is 0.798. The van der Waals surface area contributed by atoms with Gasteiger partial charge in [0.1, 0.15) is 4.90 Å². The van der Waals surface area contributed by atoms with Gasteiger partial charge >= 0.3 is 0 Å². The number of sulfonamides is 1. The number of hydrogen-bond acceptors (Lipinski definition) is 3. The van der Waals surface area contributed by atoms with Gasteiger partial charge in [-0.2, -0.15) is 9.57 Å². The molecule has 0 bridgehead atoms. The van der Waals surface area contributed by atoms with Crippen LogP contribution < -0.4 is 0 Å². The second-order valence-electron chi connectivity index (χ2n) is 5.42. The zero-order chi connectivity index (χ0) is 15.5. The van der Waals surface area contributed by atoms with Gasteiger partial charge in [-0.05, 0) is 31.0 Å². The molecule has 0 aliphatic heterocycles. The van der Waals surface area contributed by atoms with Crippen LogP contribution in [0.4, 0.5) is 0 Å². The van der Waals surface area contributed by atoms with E-state index in [-0.39, 0.29) is 16.0 Å². The third kappa shape index (κ3) is 3.57. The lowest BCUT2D eigenvalue weighted by Crippen LogP contribution is -2.36. The van der Waals surface area contributed by atoms with E-state index in [4.69, 9.17) is 16.9 Å². The lowest BCUT2D eigenvalue weighted by Gasteiger charge is -2.26. The van der Waals surface area contributed by atoms with Crippen molar-refractivity contribution in [3.63, 3.8) is 0 Å². The minimum Gasteiger partial charge on any atom is -0.207 e. The van der Waals surface area contributed by atoms with Crippen LogP contribution in [0.3, 0.4) is 0 Å². The highest BCUT2D eigenvalue weighted by molar-refractivity contribution is 7.89. The Morgan fingerprint density at radius 1 is 1.24 bits per heavy atom. The fraction of sp³-hybridized carbons (Fsp3) is 0.533. The third-order valence-corrected chi connectivity index (χ3v) is 6.45. The van der Waals surface area contributed by atoms with Gasteiger partial charge in [-0.3, -0.25) is 0 Å². The van der Waals surface area contributed by atoms with Crippen molar-refractivity contribution in [2.45, 2.75) is 49.5 Å². The molecule has 0 unspecified atom stereocenters. The van der Waals surface area contributed by atoms with Crippen LogP contribution in [0.25, 0.3) is 0 Å². The van der Waals surface area contributed by atoms with Crippen molar-refractivity contribution in [2.75, 3.05) is 7.05 Å². The highest BCUT2D eigenvalue weighted by Crippen LogP contribution is 2.29. The van der Waals surface area contributed by atoms with Crippen LogP contribution >= 0.6 is 11.6 Å². The molecule has 0 radical (unpaired) electrons.